The number of amides is 4. The second-order valence-electron chi connectivity index (χ2n) is 14.4. The van der Waals surface area contributed by atoms with Crippen LogP contribution < -0.4 is 21.3 Å². The van der Waals surface area contributed by atoms with E-state index in [-0.39, 0.29) is 54.2 Å². The minimum atomic E-state index is -1.38. The molecule has 0 spiro atoms. The fraction of sp³-hybridized carbons (Fsp3) is 0.848. The maximum atomic E-state index is 16.6. The summed E-state index contributed by atoms with van der Waals surface area (Å²) in [6.07, 6.45) is 3.76. The van der Waals surface area contributed by atoms with Crippen LogP contribution in [-0.2, 0) is 9.59 Å². The van der Waals surface area contributed by atoms with Crippen molar-refractivity contribution in [2.75, 3.05) is 32.7 Å². The zero-order valence-corrected chi connectivity index (χ0v) is 26.9. The van der Waals surface area contributed by atoms with Gasteiger partial charge >= 0.3 is 6.03 Å². The standard InChI is InChI=1S/C33H53F2N7O3/c1-4-8-25-29-20(12-14-36-25)9-7-13-37-32(44)21-10-6-11-23(34)27(21)28-24(35)17-22-30(39-33(45)42(29)31(22)38-28)41-16-15-40(18-19(41)3)26(43)5-2/h5,19-25,27-31,36,38H,2,4,6-18H2,1,3H3,(H,37,44)(H,39,45)/t19-,20?,21?,22?,23?,24?,25?,27?,28?,29?,30?,31?/m0/s1. The first-order valence-electron chi connectivity index (χ1n) is 17.5. The summed E-state index contributed by atoms with van der Waals surface area (Å²) in [5.41, 5.74) is 0. The molecule has 5 heterocycles. The minimum Gasteiger partial charge on any atom is -0.356 e. The number of urea groups is 1. The Morgan fingerprint density at radius 1 is 1.04 bits per heavy atom. The molecule has 5 saturated heterocycles. The summed E-state index contributed by atoms with van der Waals surface area (Å²) in [5.74, 6) is -1.76. The number of hydrogen-bond acceptors (Lipinski definition) is 6. The average Bonchev–Trinajstić information content (AvgIpc) is 3.03. The van der Waals surface area contributed by atoms with Crippen molar-refractivity contribution in [3.63, 3.8) is 0 Å². The molecule has 0 aromatic heterocycles. The van der Waals surface area contributed by atoms with E-state index in [1.54, 1.807) is 4.90 Å². The van der Waals surface area contributed by atoms with E-state index in [0.29, 0.717) is 45.4 Å². The van der Waals surface area contributed by atoms with Gasteiger partial charge < -0.3 is 25.8 Å². The average molecular weight is 634 g/mol. The van der Waals surface area contributed by atoms with Crippen LogP contribution >= 0.6 is 0 Å². The van der Waals surface area contributed by atoms with Crippen molar-refractivity contribution in [3.05, 3.63) is 12.7 Å². The summed E-state index contributed by atoms with van der Waals surface area (Å²) in [7, 11) is 0. The van der Waals surface area contributed by atoms with Gasteiger partial charge in [-0.15, -0.1) is 0 Å². The van der Waals surface area contributed by atoms with Crippen LogP contribution in [0.1, 0.15) is 71.6 Å². The highest BCUT2D eigenvalue weighted by Crippen LogP contribution is 2.44. The SMILES string of the molecule is C=CC(=O)N1CCN(C2NC(=O)N3C4NC(C(F)CC42)C2C(F)CCCC2C(=O)NCCCC2CCNC(CCC)C23)[C@@H](C)C1. The lowest BCUT2D eigenvalue weighted by Gasteiger charge is -2.60. The quantitative estimate of drug-likeness (QED) is 0.355. The van der Waals surface area contributed by atoms with Crippen LogP contribution in [0.4, 0.5) is 13.6 Å². The number of halogens is 2. The number of piperazine rings is 1. The topological polar surface area (TPSA) is 109 Å². The number of nitrogens with zero attached hydrogens (tertiary/aromatic N) is 3. The number of piperidine rings is 2. The highest BCUT2D eigenvalue weighted by atomic mass is 19.1. The van der Waals surface area contributed by atoms with E-state index in [4.69, 9.17) is 0 Å². The van der Waals surface area contributed by atoms with Crippen LogP contribution in [0.3, 0.4) is 0 Å². The molecule has 1 aliphatic carbocycles. The molecule has 10 nitrogen and oxygen atoms in total. The molecule has 2 bridgehead atoms. The molecular formula is C33H53F2N7O3. The molecule has 0 radical (unpaired) electrons. The molecule has 0 aromatic rings. The molecule has 4 N–H and O–H groups in total. The van der Waals surface area contributed by atoms with E-state index < -0.39 is 42.6 Å². The number of hydrogen-bond donors (Lipinski definition) is 4. The highest BCUT2D eigenvalue weighted by molar-refractivity contribution is 5.87. The van der Waals surface area contributed by atoms with Crippen molar-refractivity contribution in [3.8, 4) is 0 Å². The molecule has 6 aliphatic rings. The van der Waals surface area contributed by atoms with Gasteiger partial charge in [0.25, 0.3) is 0 Å². The fourth-order valence-corrected chi connectivity index (χ4v) is 9.75. The van der Waals surface area contributed by atoms with E-state index in [1.165, 1.54) is 6.08 Å². The molecule has 45 heavy (non-hydrogen) atoms. The van der Waals surface area contributed by atoms with E-state index in [2.05, 4.69) is 39.7 Å². The number of alkyl halides is 2. The number of fused-ring (bicyclic) bond motifs is 5. The van der Waals surface area contributed by atoms with Crippen molar-refractivity contribution in [2.24, 2.45) is 23.7 Å². The molecule has 0 aromatic carbocycles. The fourth-order valence-electron chi connectivity index (χ4n) is 9.75. The van der Waals surface area contributed by atoms with Crippen LogP contribution in [0, 0.1) is 23.7 Å². The molecule has 12 heteroatoms. The Kier molecular flexibility index (Phi) is 10.0. The molecule has 5 aliphatic heterocycles. The van der Waals surface area contributed by atoms with Crippen LogP contribution in [0.5, 0.6) is 0 Å². The Labute approximate surface area is 266 Å². The summed E-state index contributed by atoms with van der Waals surface area (Å²) in [4.78, 5) is 46.3. The zero-order chi connectivity index (χ0) is 31.8. The number of carbonyl (C=O) groups is 3. The monoisotopic (exact) mass is 633 g/mol. The highest BCUT2D eigenvalue weighted by Gasteiger charge is 2.57. The lowest BCUT2D eigenvalue weighted by Crippen LogP contribution is -2.79. The maximum absolute atomic E-state index is 16.6. The van der Waals surface area contributed by atoms with Gasteiger partial charge in [0.2, 0.25) is 11.8 Å². The molecule has 11 unspecified atom stereocenters. The first-order valence-corrected chi connectivity index (χ1v) is 17.5. The van der Waals surface area contributed by atoms with Crippen LogP contribution in [0.15, 0.2) is 12.7 Å². The first kappa shape index (κ1) is 32.6. The summed E-state index contributed by atoms with van der Waals surface area (Å²) in [6.45, 7) is 10.7. The summed E-state index contributed by atoms with van der Waals surface area (Å²) in [6, 6.07) is -1.14. The Balaban J connectivity index is 1.39. The lowest BCUT2D eigenvalue weighted by molar-refractivity contribution is -0.134. The molecule has 252 valence electrons. The first-order chi connectivity index (χ1) is 21.7. The number of carbonyl (C=O) groups excluding carboxylic acids is 3. The van der Waals surface area contributed by atoms with Gasteiger partial charge in [0.05, 0.1) is 18.4 Å². The van der Waals surface area contributed by atoms with E-state index >= 15 is 8.78 Å². The molecule has 4 amide bonds. The Hall–Kier alpha value is -2.31. The molecular weight excluding hydrogens is 580 g/mol. The normalized spacial score (nSPS) is 42.9. The van der Waals surface area contributed by atoms with Gasteiger partial charge in [0.15, 0.2) is 0 Å². The molecule has 6 fully saturated rings. The predicted octanol–water partition coefficient (Wildman–Crippen LogP) is 2.51. The van der Waals surface area contributed by atoms with Crippen molar-refractivity contribution < 1.29 is 23.2 Å². The van der Waals surface area contributed by atoms with Gasteiger partial charge in [0, 0.05) is 62.1 Å². The lowest BCUT2D eigenvalue weighted by atomic mass is 9.69. The minimum absolute atomic E-state index is 0.0661. The second kappa shape index (κ2) is 13.8. The third kappa shape index (κ3) is 6.23. The van der Waals surface area contributed by atoms with Gasteiger partial charge in [-0.3, -0.25) is 19.8 Å². The molecule has 6 rings (SSSR count). The second-order valence-corrected chi connectivity index (χ2v) is 14.4. The smallest absolute Gasteiger partial charge is 0.320 e. The van der Waals surface area contributed by atoms with Crippen LogP contribution in [0.2, 0.25) is 0 Å². The largest absolute Gasteiger partial charge is 0.356 e. The predicted molar refractivity (Wildman–Crippen MR) is 167 cm³/mol. The van der Waals surface area contributed by atoms with Crippen LogP contribution in [0.25, 0.3) is 0 Å². The van der Waals surface area contributed by atoms with Crippen molar-refractivity contribution in [1.82, 2.24) is 36.0 Å². The maximum Gasteiger partial charge on any atom is 0.320 e. The third-order valence-corrected chi connectivity index (χ3v) is 11.8. The van der Waals surface area contributed by atoms with Gasteiger partial charge in [-0.05, 0) is 76.8 Å². The van der Waals surface area contributed by atoms with Crippen molar-refractivity contribution in [1.29, 1.82) is 0 Å². The summed E-state index contributed by atoms with van der Waals surface area (Å²) < 4.78 is 32.5. The van der Waals surface area contributed by atoms with Gasteiger partial charge in [-0.1, -0.05) is 19.9 Å². The van der Waals surface area contributed by atoms with E-state index in [0.717, 1.165) is 38.6 Å². The van der Waals surface area contributed by atoms with Crippen LogP contribution in [-0.4, -0.2) is 114 Å². The zero-order valence-electron chi connectivity index (χ0n) is 26.9. The van der Waals surface area contributed by atoms with Crippen molar-refractivity contribution >= 4 is 17.8 Å². The molecule has 12 atom stereocenters. The van der Waals surface area contributed by atoms with Gasteiger partial charge in [-0.25, -0.2) is 13.6 Å². The Bertz CT molecular complexity index is 1110. The Morgan fingerprint density at radius 2 is 1.87 bits per heavy atom. The number of rotatable bonds is 4. The summed E-state index contributed by atoms with van der Waals surface area (Å²) in [5, 5.41) is 13.7. The summed E-state index contributed by atoms with van der Waals surface area (Å²) >= 11 is 0. The Morgan fingerprint density at radius 3 is 2.62 bits per heavy atom. The third-order valence-electron chi connectivity index (χ3n) is 11.8. The number of nitrogens with one attached hydrogen (secondary N) is 4. The van der Waals surface area contributed by atoms with Gasteiger partial charge in [0.1, 0.15) is 12.3 Å². The van der Waals surface area contributed by atoms with Crippen molar-refractivity contribution in [2.45, 2.75) is 120 Å². The molecule has 1 saturated carbocycles. The van der Waals surface area contributed by atoms with Gasteiger partial charge in [-0.2, -0.15) is 0 Å². The van der Waals surface area contributed by atoms with E-state index in [9.17, 15) is 14.4 Å². The van der Waals surface area contributed by atoms with E-state index in [1.807, 2.05) is 11.8 Å².